The van der Waals surface area contributed by atoms with Crippen LogP contribution in [0.3, 0.4) is 0 Å². The molecule has 0 radical (unpaired) electrons. The predicted octanol–water partition coefficient (Wildman–Crippen LogP) is 7.73. The predicted molar refractivity (Wildman–Crippen MR) is 176 cm³/mol. The van der Waals surface area contributed by atoms with Crippen LogP contribution in [0, 0.1) is 6.92 Å². The lowest BCUT2D eigenvalue weighted by atomic mass is 9.65. The van der Waals surface area contributed by atoms with Crippen LogP contribution < -0.4 is 10.2 Å². The Bertz CT molecular complexity index is 2260. The van der Waals surface area contributed by atoms with E-state index in [1.807, 2.05) is 78.6 Å². The van der Waals surface area contributed by atoms with Crippen molar-refractivity contribution in [3.05, 3.63) is 158 Å². The Labute approximate surface area is 268 Å². The highest BCUT2D eigenvalue weighted by atomic mass is 35.5. The molecule has 0 saturated heterocycles. The second-order valence-corrected chi connectivity index (χ2v) is 12.0. The summed E-state index contributed by atoms with van der Waals surface area (Å²) in [5.74, 6) is -0.645. The Morgan fingerprint density at radius 3 is 1.96 bits per heavy atom. The average molecular weight is 620 g/mol. The summed E-state index contributed by atoms with van der Waals surface area (Å²) in [4.78, 5) is 45.8. The van der Waals surface area contributed by atoms with Gasteiger partial charge in [-0.15, -0.1) is 0 Å². The molecular formula is C38H22ClN3O4. The number of fused-ring (bicyclic) bond motifs is 8. The van der Waals surface area contributed by atoms with Crippen LogP contribution in [0.1, 0.15) is 54.4 Å². The number of Topliss-reactive ketones (excluding diaryl/α,β-unsaturated/α-hetero) is 2. The Balaban J connectivity index is 1.41. The fraction of sp³-hybridized carbons (Fsp3) is 0.0526. The van der Waals surface area contributed by atoms with E-state index in [0.29, 0.717) is 67.1 Å². The van der Waals surface area contributed by atoms with Gasteiger partial charge in [-0.05, 0) is 36.8 Å². The molecule has 0 atom stereocenters. The number of hydrogen-bond donors (Lipinski definition) is 1. The lowest BCUT2D eigenvalue weighted by Gasteiger charge is -2.40. The monoisotopic (exact) mass is 619 g/mol. The number of hydrogen-bond acceptors (Lipinski definition) is 6. The van der Waals surface area contributed by atoms with E-state index < -0.39 is 11.3 Å². The number of para-hydroxylation sites is 1. The molecule has 9 rings (SSSR count). The van der Waals surface area contributed by atoms with Gasteiger partial charge in [0.2, 0.25) is 5.91 Å². The molecule has 1 spiro atoms. The first-order valence-corrected chi connectivity index (χ1v) is 15.2. The van der Waals surface area contributed by atoms with Crippen molar-refractivity contribution in [3.8, 4) is 0 Å². The summed E-state index contributed by atoms with van der Waals surface area (Å²) in [5.41, 5.74) is 5.08. The second-order valence-electron chi connectivity index (χ2n) is 11.6. The van der Waals surface area contributed by atoms with Gasteiger partial charge >= 0.3 is 0 Å². The molecule has 4 aromatic carbocycles. The maximum absolute atomic E-state index is 14.7. The summed E-state index contributed by atoms with van der Waals surface area (Å²) in [6.07, 6.45) is 3.62. The van der Waals surface area contributed by atoms with Gasteiger partial charge in [0, 0.05) is 49.7 Å². The molecule has 0 saturated carbocycles. The molecule has 0 fully saturated rings. The molecule has 0 unspecified atom stereocenters. The molecule has 1 aromatic heterocycles. The fourth-order valence-corrected chi connectivity index (χ4v) is 7.64. The number of halogens is 1. The lowest BCUT2D eigenvalue weighted by Crippen LogP contribution is -2.47. The molecule has 220 valence electrons. The van der Waals surface area contributed by atoms with E-state index in [1.165, 1.54) is 0 Å². The fourth-order valence-electron chi connectivity index (χ4n) is 7.44. The first kappa shape index (κ1) is 26.6. The zero-order valence-corrected chi connectivity index (χ0v) is 25.1. The van der Waals surface area contributed by atoms with Gasteiger partial charge in [-0.3, -0.25) is 14.4 Å². The summed E-state index contributed by atoms with van der Waals surface area (Å²) >= 11 is 6.46. The quantitative estimate of drug-likeness (QED) is 0.222. The van der Waals surface area contributed by atoms with Gasteiger partial charge < -0.3 is 14.7 Å². The van der Waals surface area contributed by atoms with Gasteiger partial charge in [0.1, 0.15) is 16.8 Å². The highest BCUT2D eigenvalue weighted by Crippen LogP contribution is 2.63. The van der Waals surface area contributed by atoms with Crippen LogP contribution in [0.5, 0.6) is 0 Å². The number of aromatic nitrogens is 1. The third-order valence-electron chi connectivity index (χ3n) is 9.30. The van der Waals surface area contributed by atoms with E-state index in [1.54, 1.807) is 42.5 Å². The molecule has 7 nitrogen and oxygen atoms in total. The third-order valence-corrected chi connectivity index (χ3v) is 9.64. The van der Waals surface area contributed by atoms with Crippen molar-refractivity contribution >= 4 is 64.0 Å². The third kappa shape index (κ3) is 3.22. The van der Waals surface area contributed by atoms with Crippen molar-refractivity contribution in [2.24, 2.45) is 0 Å². The van der Waals surface area contributed by atoms with Gasteiger partial charge in [0.25, 0.3) is 0 Å². The molecule has 3 heterocycles. The zero-order valence-electron chi connectivity index (χ0n) is 24.3. The van der Waals surface area contributed by atoms with Crippen LogP contribution in [0.4, 0.5) is 11.4 Å². The van der Waals surface area contributed by atoms with Crippen LogP contribution in [-0.2, 0) is 10.2 Å². The number of rotatable bonds is 3. The summed E-state index contributed by atoms with van der Waals surface area (Å²) in [7, 11) is 0. The number of nitrogens with zero attached hydrogens (tertiary/aromatic N) is 2. The molecule has 8 heteroatoms. The number of aryl methyl sites for hydroxylation is 1. The molecular weight excluding hydrogens is 598 g/mol. The van der Waals surface area contributed by atoms with Gasteiger partial charge in [0.05, 0.1) is 11.4 Å². The van der Waals surface area contributed by atoms with Gasteiger partial charge in [-0.1, -0.05) is 102 Å². The normalized spacial score (nSPS) is 17.1. The van der Waals surface area contributed by atoms with Gasteiger partial charge in [-0.25, -0.2) is 0 Å². The molecule has 1 amide bonds. The van der Waals surface area contributed by atoms with Crippen LogP contribution >= 0.6 is 11.6 Å². The molecule has 2 aliphatic heterocycles. The van der Waals surface area contributed by atoms with Gasteiger partial charge in [0.15, 0.2) is 17.3 Å². The smallest absolute Gasteiger partial charge is 0.244 e. The lowest BCUT2D eigenvalue weighted by molar-refractivity contribution is -0.118. The van der Waals surface area contributed by atoms with Crippen molar-refractivity contribution in [2.75, 3.05) is 10.2 Å². The first-order valence-electron chi connectivity index (χ1n) is 14.8. The summed E-state index contributed by atoms with van der Waals surface area (Å²) < 4.78 is 5.92. The summed E-state index contributed by atoms with van der Waals surface area (Å²) in [6, 6.07) is 29.4. The maximum atomic E-state index is 14.7. The van der Waals surface area contributed by atoms with E-state index in [0.717, 1.165) is 5.56 Å². The minimum atomic E-state index is -1.68. The first-order chi connectivity index (χ1) is 22.4. The summed E-state index contributed by atoms with van der Waals surface area (Å²) in [5, 5.41) is 7.93. The van der Waals surface area contributed by atoms with E-state index in [2.05, 4.69) is 10.5 Å². The number of carbonyl (C=O) groups excluding carboxylic acids is 3. The standard InChI is InChI=1S/C38H22ClN3O4/c1-20-32(29(46-41-20)19-18-21-10-2-8-16-27(21)39)42-33-22-11-3-5-13-24(22)35(43)30(33)38(26-15-7-9-17-28(26)40-37(38)45)31-34(42)23-12-4-6-14-25(23)36(31)44/h2-19H,1H3,(H,40,45)/b19-18+. The number of nitrogens with one attached hydrogen (secondary N) is 1. The van der Waals surface area contributed by atoms with Crippen LogP contribution in [-0.4, -0.2) is 22.6 Å². The highest BCUT2D eigenvalue weighted by Gasteiger charge is 2.65. The molecule has 46 heavy (non-hydrogen) atoms. The minimum Gasteiger partial charge on any atom is -0.354 e. The summed E-state index contributed by atoms with van der Waals surface area (Å²) in [6.45, 7) is 1.82. The van der Waals surface area contributed by atoms with Crippen LogP contribution in [0.25, 0.3) is 23.5 Å². The SMILES string of the molecule is Cc1noc(/C=C/c2ccccc2Cl)c1N1C2=C(C(=O)c3ccccc32)C2(C(=O)Nc3ccccc32)C2=C1c1ccccc1C2=O. The van der Waals surface area contributed by atoms with Crippen molar-refractivity contribution in [1.82, 2.24) is 5.16 Å². The topological polar surface area (TPSA) is 92.5 Å². The number of carbonyl (C=O) groups is 3. The van der Waals surface area contributed by atoms with Crippen molar-refractivity contribution in [3.63, 3.8) is 0 Å². The Kier molecular flexibility index (Phi) is 5.41. The minimum absolute atomic E-state index is 0.234. The Morgan fingerprint density at radius 1 is 0.739 bits per heavy atom. The highest BCUT2D eigenvalue weighted by molar-refractivity contribution is 6.39. The van der Waals surface area contributed by atoms with Crippen LogP contribution in [0.2, 0.25) is 5.02 Å². The molecule has 4 aliphatic rings. The van der Waals surface area contributed by atoms with E-state index in [-0.39, 0.29) is 22.7 Å². The number of ketones is 2. The molecule has 1 N–H and O–H groups in total. The van der Waals surface area contributed by atoms with Crippen LogP contribution in [0.15, 0.2) is 113 Å². The number of anilines is 2. The van der Waals surface area contributed by atoms with Gasteiger partial charge in [-0.2, -0.15) is 0 Å². The van der Waals surface area contributed by atoms with E-state index in [9.17, 15) is 14.4 Å². The van der Waals surface area contributed by atoms with Crippen molar-refractivity contribution in [2.45, 2.75) is 12.3 Å². The Morgan fingerprint density at radius 2 is 1.30 bits per heavy atom. The second kappa shape index (κ2) is 9.36. The number of benzene rings is 4. The molecule has 5 aromatic rings. The zero-order chi connectivity index (χ0) is 31.3. The van der Waals surface area contributed by atoms with Crippen molar-refractivity contribution < 1.29 is 18.9 Å². The molecule has 2 aliphatic carbocycles. The Hall–Kier alpha value is -5.79. The van der Waals surface area contributed by atoms with E-state index in [4.69, 9.17) is 16.1 Å². The average Bonchev–Trinajstić information content (AvgIpc) is 3.77. The van der Waals surface area contributed by atoms with Crippen molar-refractivity contribution in [1.29, 1.82) is 0 Å². The molecule has 0 bridgehead atoms. The largest absolute Gasteiger partial charge is 0.354 e. The maximum Gasteiger partial charge on any atom is 0.244 e. The van der Waals surface area contributed by atoms with E-state index >= 15 is 0 Å². The number of amides is 1.